The van der Waals surface area contributed by atoms with Crippen molar-refractivity contribution >= 4 is 28.5 Å². The van der Waals surface area contributed by atoms with Crippen LogP contribution in [0.5, 0.6) is 0 Å². The van der Waals surface area contributed by atoms with Crippen molar-refractivity contribution < 1.29 is 9.18 Å². The van der Waals surface area contributed by atoms with Crippen LogP contribution in [-0.2, 0) is 11.2 Å². The van der Waals surface area contributed by atoms with Crippen LogP contribution in [0.1, 0.15) is 45.9 Å². The molecule has 1 aliphatic heterocycles. The van der Waals surface area contributed by atoms with Crippen LogP contribution in [-0.4, -0.2) is 45.9 Å². The Balaban J connectivity index is 1.52. The fraction of sp³-hybridized carbons (Fsp3) is 0.600. The molecule has 1 fully saturated rings. The van der Waals surface area contributed by atoms with Gasteiger partial charge in [0.05, 0.1) is 17.1 Å². The fourth-order valence-corrected chi connectivity index (χ4v) is 3.70. The van der Waals surface area contributed by atoms with Crippen molar-refractivity contribution in [2.24, 2.45) is 5.92 Å². The summed E-state index contributed by atoms with van der Waals surface area (Å²) >= 11 is 6.13. The number of hydrogen-bond acceptors (Lipinski definition) is 3. The van der Waals surface area contributed by atoms with E-state index in [-0.39, 0.29) is 17.3 Å². The molecule has 0 unspecified atom stereocenters. The van der Waals surface area contributed by atoms with Gasteiger partial charge in [0.1, 0.15) is 11.3 Å². The van der Waals surface area contributed by atoms with Crippen molar-refractivity contribution in [2.45, 2.75) is 52.0 Å². The maximum Gasteiger partial charge on any atom is 0.234 e. The molecule has 0 bridgehead atoms. The molecule has 5 nitrogen and oxygen atoms in total. The molecule has 0 saturated carbocycles. The third-order valence-electron chi connectivity index (χ3n) is 5.51. The molecule has 3 rings (SSSR count). The topological polar surface area (TPSA) is 61.0 Å². The first-order valence-electron chi connectivity index (χ1n) is 9.63. The largest absolute Gasteiger partial charge is 0.350 e. The average molecular weight is 395 g/mol. The van der Waals surface area contributed by atoms with Crippen molar-refractivity contribution in [3.8, 4) is 0 Å². The number of amides is 1. The highest BCUT2D eigenvalue weighted by atomic mass is 35.5. The second kappa shape index (κ2) is 8.15. The maximum absolute atomic E-state index is 13.9. The van der Waals surface area contributed by atoms with Gasteiger partial charge in [-0.15, -0.1) is 0 Å². The van der Waals surface area contributed by atoms with Crippen LogP contribution in [0, 0.1) is 11.7 Å². The standard InChI is InChI=1S/C20H28ClFN4O/c1-4-20(2,3)25-17(27)12-26-9-7-13(8-10-26)11-16-23-18-14(21)5-6-15(22)19(18)24-16/h5-6,13H,4,7-12H2,1-3H3,(H,23,24)(H,25,27). The monoisotopic (exact) mass is 394 g/mol. The van der Waals surface area contributed by atoms with Gasteiger partial charge in [-0.3, -0.25) is 9.69 Å². The average Bonchev–Trinajstić information content (AvgIpc) is 3.04. The summed E-state index contributed by atoms with van der Waals surface area (Å²) in [7, 11) is 0. The summed E-state index contributed by atoms with van der Waals surface area (Å²) < 4.78 is 13.9. The van der Waals surface area contributed by atoms with Crippen molar-refractivity contribution in [2.75, 3.05) is 19.6 Å². The lowest BCUT2D eigenvalue weighted by atomic mass is 9.93. The summed E-state index contributed by atoms with van der Waals surface area (Å²) in [5, 5.41) is 3.57. The van der Waals surface area contributed by atoms with Crippen LogP contribution in [0.25, 0.3) is 11.0 Å². The van der Waals surface area contributed by atoms with Gasteiger partial charge >= 0.3 is 0 Å². The quantitative estimate of drug-likeness (QED) is 0.780. The summed E-state index contributed by atoms with van der Waals surface area (Å²) in [5.41, 5.74) is 0.720. The molecule has 27 heavy (non-hydrogen) atoms. The SMILES string of the molecule is CCC(C)(C)NC(=O)CN1CCC(Cc2nc3c(F)ccc(Cl)c3[nH]2)CC1. The molecular weight excluding hydrogens is 367 g/mol. The van der Waals surface area contributed by atoms with Crippen LogP contribution in [0.4, 0.5) is 4.39 Å². The molecule has 1 amide bonds. The number of imidazole rings is 1. The van der Waals surface area contributed by atoms with Gasteiger partial charge in [-0.05, 0) is 64.3 Å². The molecule has 1 aromatic heterocycles. The van der Waals surface area contributed by atoms with Crippen molar-refractivity contribution in [1.29, 1.82) is 0 Å². The minimum atomic E-state index is -0.354. The van der Waals surface area contributed by atoms with E-state index in [1.165, 1.54) is 6.07 Å². The van der Waals surface area contributed by atoms with Crippen LogP contribution in [0.15, 0.2) is 12.1 Å². The molecule has 1 aliphatic rings. The Morgan fingerprint density at radius 3 is 2.74 bits per heavy atom. The predicted octanol–water partition coefficient (Wildman–Crippen LogP) is 3.91. The zero-order valence-electron chi connectivity index (χ0n) is 16.2. The number of rotatable bonds is 6. The smallest absolute Gasteiger partial charge is 0.234 e. The Hall–Kier alpha value is -1.66. The number of aromatic amines is 1. The van der Waals surface area contributed by atoms with E-state index in [1.807, 2.05) is 13.8 Å². The summed E-state index contributed by atoms with van der Waals surface area (Å²) in [4.78, 5) is 22.0. The van der Waals surface area contributed by atoms with E-state index in [4.69, 9.17) is 11.6 Å². The third-order valence-corrected chi connectivity index (χ3v) is 5.83. The number of likely N-dealkylation sites (tertiary alicyclic amines) is 1. The molecule has 2 aromatic rings. The minimum absolute atomic E-state index is 0.0858. The Kier molecular flexibility index (Phi) is 6.06. The van der Waals surface area contributed by atoms with Gasteiger partial charge in [-0.25, -0.2) is 9.37 Å². The molecule has 0 aliphatic carbocycles. The number of fused-ring (bicyclic) bond motifs is 1. The zero-order chi connectivity index (χ0) is 19.6. The van der Waals surface area contributed by atoms with E-state index in [0.29, 0.717) is 28.5 Å². The van der Waals surface area contributed by atoms with E-state index in [1.54, 1.807) is 6.07 Å². The second-order valence-electron chi connectivity index (χ2n) is 8.15. The van der Waals surface area contributed by atoms with Gasteiger partial charge in [-0.1, -0.05) is 18.5 Å². The summed E-state index contributed by atoms with van der Waals surface area (Å²) in [6, 6.07) is 2.89. The highest BCUT2D eigenvalue weighted by molar-refractivity contribution is 6.34. The van der Waals surface area contributed by atoms with Crippen molar-refractivity contribution in [3.63, 3.8) is 0 Å². The van der Waals surface area contributed by atoms with Gasteiger partial charge < -0.3 is 10.3 Å². The second-order valence-corrected chi connectivity index (χ2v) is 8.55. The summed E-state index contributed by atoms with van der Waals surface area (Å²) in [5.74, 6) is 0.979. The molecule has 0 spiro atoms. The zero-order valence-corrected chi connectivity index (χ0v) is 17.0. The highest BCUT2D eigenvalue weighted by Crippen LogP contribution is 2.26. The normalized spacial score (nSPS) is 16.8. The first-order valence-corrected chi connectivity index (χ1v) is 10.0. The Morgan fingerprint density at radius 2 is 2.11 bits per heavy atom. The minimum Gasteiger partial charge on any atom is -0.350 e. The van der Waals surface area contributed by atoms with E-state index in [0.717, 1.165) is 44.6 Å². The van der Waals surface area contributed by atoms with Crippen LogP contribution in [0.2, 0.25) is 5.02 Å². The number of benzene rings is 1. The molecule has 7 heteroatoms. The van der Waals surface area contributed by atoms with Gasteiger partial charge in [-0.2, -0.15) is 0 Å². The maximum atomic E-state index is 13.9. The van der Waals surface area contributed by atoms with Gasteiger partial charge in [0, 0.05) is 12.0 Å². The van der Waals surface area contributed by atoms with Crippen molar-refractivity contribution in [1.82, 2.24) is 20.2 Å². The van der Waals surface area contributed by atoms with E-state index < -0.39 is 0 Å². The lowest BCUT2D eigenvalue weighted by molar-refractivity contribution is -0.124. The summed E-state index contributed by atoms with van der Waals surface area (Å²) in [6.45, 7) is 8.38. The lowest BCUT2D eigenvalue weighted by Gasteiger charge is -2.32. The first-order chi connectivity index (χ1) is 12.8. The van der Waals surface area contributed by atoms with Crippen LogP contribution < -0.4 is 5.32 Å². The number of nitrogens with zero attached hydrogens (tertiary/aromatic N) is 2. The number of nitrogens with one attached hydrogen (secondary N) is 2. The predicted molar refractivity (Wildman–Crippen MR) is 106 cm³/mol. The molecular formula is C20H28ClFN4O. The molecule has 2 heterocycles. The molecule has 0 radical (unpaired) electrons. The Labute approximate surface area is 164 Å². The lowest BCUT2D eigenvalue weighted by Crippen LogP contribution is -2.48. The van der Waals surface area contributed by atoms with E-state index >= 15 is 0 Å². The Morgan fingerprint density at radius 1 is 1.41 bits per heavy atom. The van der Waals surface area contributed by atoms with Gasteiger partial charge in [0.2, 0.25) is 5.91 Å². The number of hydrogen-bond donors (Lipinski definition) is 2. The van der Waals surface area contributed by atoms with Crippen LogP contribution in [0.3, 0.4) is 0 Å². The first kappa shape index (κ1) is 20.1. The molecule has 148 valence electrons. The number of carbonyl (C=O) groups excluding carboxylic acids is 1. The van der Waals surface area contributed by atoms with Crippen molar-refractivity contribution in [3.05, 3.63) is 28.8 Å². The molecule has 2 N–H and O–H groups in total. The molecule has 0 atom stereocenters. The fourth-order valence-electron chi connectivity index (χ4n) is 3.50. The van der Waals surface area contributed by atoms with E-state index in [2.05, 4.69) is 27.1 Å². The van der Waals surface area contributed by atoms with Crippen LogP contribution >= 0.6 is 11.6 Å². The van der Waals surface area contributed by atoms with Gasteiger partial charge in [0.25, 0.3) is 0 Å². The highest BCUT2D eigenvalue weighted by Gasteiger charge is 2.24. The Bertz CT molecular complexity index is 773. The number of halogens is 2. The number of piperidine rings is 1. The molecule has 1 saturated heterocycles. The van der Waals surface area contributed by atoms with Gasteiger partial charge in [0.15, 0.2) is 5.82 Å². The number of H-pyrrole nitrogens is 1. The molecule has 1 aromatic carbocycles. The third kappa shape index (κ3) is 4.99. The number of aromatic nitrogens is 2. The van der Waals surface area contributed by atoms with E-state index in [9.17, 15) is 9.18 Å². The number of carbonyl (C=O) groups is 1. The summed E-state index contributed by atoms with van der Waals surface area (Å²) in [6.07, 6.45) is 3.67.